The quantitative estimate of drug-likeness (QED) is 0.620. The van der Waals surface area contributed by atoms with Crippen molar-refractivity contribution in [3.05, 3.63) is 11.6 Å². The van der Waals surface area contributed by atoms with Crippen molar-refractivity contribution in [1.29, 1.82) is 0 Å². The lowest BCUT2D eigenvalue weighted by molar-refractivity contribution is -0.166. The zero-order valence-corrected chi connectivity index (χ0v) is 18.5. The van der Waals surface area contributed by atoms with Crippen LogP contribution in [-0.2, 0) is 19.1 Å². The molecular formula is C25H36O4. The van der Waals surface area contributed by atoms with Crippen LogP contribution in [0.1, 0.15) is 85.5 Å². The fourth-order valence-electron chi connectivity index (χ4n) is 7.84. The van der Waals surface area contributed by atoms with Crippen LogP contribution in [0.2, 0.25) is 0 Å². The molecule has 0 radical (unpaired) electrons. The highest BCUT2D eigenvalue weighted by Crippen LogP contribution is 2.66. The van der Waals surface area contributed by atoms with Gasteiger partial charge in [0.25, 0.3) is 0 Å². The normalized spacial score (nSPS) is 43.7. The maximum Gasteiger partial charge on any atom is 0.306 e. The molecule has 4 nitrogen and oxygen atoms in total. The second-order valence-corrected chi connectivity index (χ2v) is 10.6. The van der Waals surface area contributed by atoms with Crippen LogP contribution < -0.4 is 0 Å². The average molecular weight is 401 g/mol. The molecule has 0 bridgehead atoms. The van der Waals surface area contributed by atoms with Crippen molar-refractivity contribution in [2.45, 2.75) is 91.6 Å². The Morgan fingerprint density at radius 2 is 1.90 bits per heavy atom. The SMILES string of the molecule is CCCC(=O)OC1CC(=O)C=C2CC[C@H]3[C@@H]4CC[C@H](C(C)=O)[C@@]4(C)CC[C@@H]3[C@]21C. The summed E-state index contributed by atoms with van der Waals surface area (Å²) in [6.07, 6.45) is 9.31. The van der Waals surface area contributed by atoms with E-state index < -0.39 is 0 Å². The Kier molecular flexibility index (Phi) is 5.28. The average Bonchev–Trinajstić information content (AvgIpc) is 3.00. The molecule has 0 spiro atoms. The number of carbonyl (C=O) groups is 3. The van der Waals surface area contributed by atoms with Gasteiger partial charge in [0.15, 0.2) is 5.78 Å². The number of Topliss-reactive ketones (excluding diaryl/α,β-unsaturated/α-hetero) is 1. The lowest BCUT2D eigenvalue weighted by atomic mass is 9.46. The van der Waals surface area contributed by atoms with Crippen LogP contribution >= 0.6 is 0 Å². The van der Waals surface area contributed by atoms with Crippen molar-refractivity contribution in [1.82, 2.24) is 0 Å². The first-order chi connectivity index (χ1) is 13.7. The van der Waals surface area contributed by atoms with E-state index in [1.165, 1.54) is 5.57 Å². The lowest BCUT2D eigenvalue weighted by Crippen LogP contribution is -2.56. The van der Waals surface area contributed by atoms with E-state index in [0.29, 0.717) is 36.4 Å². The summed E-state index contributed by atoms with van der Waals surface area (Å²) in [5.41, 5.74) is 1.08. The number of hydrogen-bond donors (Lipinski definition) is 0. The van der Waals surface area contributed by atoms with Crippen molar-refractivity contribution < 1.29 is 19.1 Å². The predicted molar refractivity (Wildman–Crippen MR) is 111 cm³/mol. The summed E-state index contributed by atoms with van der Waals surface area (Å²) in [6, 6.07) is 0. The molecule has 1 unspecified atom stereocenters. The number of hydrogen-bond acceptors (Lipinski definition) is 4. The molecule has 4 aliphatic rings. The molecule has 4 aliphatic carbocycles. The molecule has 160 valence electrons. The van der Waals surface area contributed by atoms with Gasteiger partial charge in [-0.25, -0.2) is 0 Å². The molecule has 0 amide bonds. The molecule has 7 atom stereocenters. The molecule has 0 aromatic carbocycles. The first kappa shape index (κ1) is 20.8. The molecule has 3 fully saturated rings. The number of fused-ring (bicyclic) bond motifs is 5. The Morgan fingerprint density at radius 3 is 2.59 bits per heavy atom. The maximum atomic E-state index is 12.4. The van der Waals surface area contributed by atoms with E-state index in [1.807, 2.05) is 13.0 Å². The van der Waals surface area contributed by atoms with Crippen molar-refractivity contribution in [3.8, 4) is 0 Å². The van der Waals surface area contributed by atoms with Gasteiger partial charge in [-0.1, -0.05) is 26.3 Å². The number of esters is 1. The largest absolute Gasteiger partial charge is 0.461 e. The Bertz CT molecular complexity index is 752. The van der Waals surface area contributed by atoms with E-state index in [9.17, 15) is 14.4 Å². The predicted octanol–water partition coefficient (Wildman–Crippen LogP) is 5.05. The van der Waals surface area contributed by atoms with Crippen LogP contribution in [0.4, 0.5) is 0 Å². The van der Waals surface area contributed by atoms with E-state index in [4.69, 9.17) is 4.74 Å². The lowest BCUT2D eigenvalue weighted by Gasteiger charge is -2.59. The highest BCUT2D eigenvalue weighted by molar-refractivity contribution is 5.92. The van der Waals surface area contributed by atoms with E-state index in [1.54, 1.807) is 6.92 Å². The van der Waals surface area contributed by atoms with Gasteiger partial charge >= 0.3 is 5.97 Å². The fourth-order valence-corrected chi connectivity index (χ4v) is 7.84. The van der Waals surface area contributed by atoms with Gasteiger partial charge < -0.3 is 4.74 Å². The molecule has 4 rings (SSSR count). The van der Waals surface area contributed by atoms with Crippen molar-refractivity contribution >= 4 is 17.5 Å². The topological polar surface area (TPSA) is 60.4 Å². The third-order valence-corrected chi connectivity index (χ3v) is 9.26. The second-order valence-electron chi connectivity index (χ2n) is 10.6. The molecule has 3 saturated carbocycles. The summed E-state index contributed by atoms with van der Waals surface area (Å²) in [5.74, 6) is 2.03. The third kappa shape index (κ3) is 3.13. The first-order valence-corrected chi connectivity index (χ1v) is 11.7. The third-order valence-electron chi connectivity index (χ3n) is 9.26. The number of rotatable bonds is 4. The molecule has 4 heteroatoms. The van der Waals surface area contributed by atoms with Crippen molar-refractivity contribution in [2.75, 3.05) is 0 Å². The van der Waals surface area contributed by atoms with Gasteiger partial charge in [-0.3, -0.25) is 14.4 Å². The van der Waals surface area contributed by atoms with E-state index in [0.717, 1.165) is 44.9 Å². The zero-order valence-electron chi connectivity index (χ0n) is 18.5. The van der Waals surface area contributed by atoms with Crippen molar-refractivity contribution in [2.24, 2.45) is 34.5 Å². The second kappa shape index (κ2) is 7.35. The van der Waals surface area contributed by atoms with E-state index in [2.05, 4.69) is 13.8 Å². The van der Waals surface area contributed by atoms with Crippen LogP contribution in [0.15, 0.2) is 11.6 Å². The van der Waals surface area contributed by atoms with Crippen LogP contribution in [0.25, 0.3) is 0 Å². The summed E-state index contributed by atoms with van der Waals surface area (Å²) in [6.45, 7) is 8.35. The van der Waals surface area contributed by atoms with Gasteiger partial charge in [-0.05, 0) is 81.1 Å². The molecule has 0 aromatic heterocycles. The molecule has 0 aliphatic heterocycles. The number of ketones is 2. The van der Waals surface area contributed by atoms with Gasteiger partial charge in [0.2, 0.25) is 0 Å². The summed E-state index contributed by atoms with van der Waals surface area (Å²) in [7, 11) is 0. The minimum atomic E-state index is -0.337. The minimum absolute atomic E-state index is 0.100. The number of carbonyl (C=O) groups excluding carboxylic acids is 3. The molecule has 0 heterocycles. The van der Waals surface area contributed by atoms with E-state index in [-0.39, 0.29) is 34.6 Å². The van der Waals surface area contributed by atoms with Crippen molar-refractivity contribution in [3.63, 3.8) is 0 Å². The zero-order chi connectivity index (χ0) is 21.0. The molecule has 0 aromatic rings. The summed E-state index contributed by atoms with van der Waals surface area (Å²) >= 11 is 0. The number of ether oxygens (including phenoxy) is 1. The molecule has 0 N–H and O–H groups in total. The summed E-state index contributed by atoms with van der Waals surface area (Å²) < 4.78 is 5.96. The minimum Gasteiger partial charge on any atom is -0.461 e. The monoisotopic (exact) mass is 400 g/mol. The fraction of sp³-hybridized carbons (Fsp3) is 0.800. The highest BCUT2D eigenvalue weighted by Gasteiger charge is 2.62. The molecule has 0 saturated heterocycles. The highest BCUT2D eigenvalue weighted by atomic mass is 16.5. The van der Waals surface area contributed by atoms with Crippen LogP contribution in [0, 0.1) is 34.5 Å². The molecular weight excluding hydrogens is 364 g/mol. The van der Waals surface area contributed by atoms with Gasteiger partial charge in [0.05, 0.1) is 0 Å². The standard InChI is InChI=1S/C25H36O4/c1-5-6-23(28)29-22-14-17(27)13-16-7-8-18-20-10-9-19(15(2)26)24(20,3)12-11-21(18)25(16,22)4/h13,18-22H,5-12,14H2,1-4H3/t18-,19+,20-,21-,22?,24+,25-/m0/s1. The van der Waals surface area contributed by atoms with Gasteiger partial charge in [-0.15, -0.1) is 0 Å². The Labute approximate surface area is 174 Å². The summed E-state index contributed by atoms with van der Waals surface area (Å²) in [4.78, 5) is 37.1. The van der Waals surface area contributed by atoms with Crippen LogP contribution in [0.3, 0.4) is 0 Å². The van der Waals surface area contributed by atoms with Gasteiger partial charge in [0.1, 0.15) is 11.9 Å². The first-order valence-electron chi connectivity index (χ1n) is 11.7. The van der Waals surface area contributed by atoms with Crippen LogP contribution in [0.5, 0.6) is 0 Å². The van der Waals surface area contributed by atoms with Crippen LogP contribution in [-0.4, -0.2) is 23.6 Å². The smallest absolute Gasteiger partial charge is 0.306 e. The van der Waals surface area contributed by atoms with E-state index >= 15 is 0 Å². The van der Waals surface area contributed by atoms with Gasteiger partial charge in [-0.2, -0.15) is 0 Å². The van der Waals surface area contributed by atoms with Gasteiger partial charge in [0, 0.05) is 24.2 Å². The Morgan fingerprint density at radius 1 is 1.14 bits per heavy atom. The molecule has 29 heavy (non-hydrogen) atoms. The Balaban J connectivity index is 1.66. The summed E-state index contributed by atoms with van der Waals surface area (Å²) in [5, 5.41) is 0. The Hall–Kier alpha value is -1.45. The maximum absolute atomic E-state index is 12.4.